The minimum atomic E-state index is 0.705. The van der Waals surface area contributed by atoms with Gasteiger partial charge >= 0.3 is 0 Å². The highest BCUT2D eigenvalue weighted by Gasteiger charge is 2.18. The first-order chi connectivity index (χ1) is 8.79. The van der Waals surface area contributed by atoms with Crippen LogP contribution in [-0.4, -0.2) is 30.6 Å². The van der Waals surface area contributed by atoms with Gasteiger partial charge in [0.25, 0.3) is 0 Å². The Bertz CT molecular complexity index is 345. The molecule has 4 heteroatoms. The number of rotatable bonds is 6. The van der Waals surface area contributed by atoms with Gasteiger partial charge in [-0.15, -0.1) is 11.3 Å². The van der Waals surface area contributed by atoms with Crippen molar-refractivity contribution < 1.29 is 0 Å². The van der Waals surface area contributed by atoms with Gasteiger partial charge in [0, 0.05) is 21.9 Å². The summed E-state index contributed by atoms with van der Waals surface area (Å²) in [6.07, 6.45) is 5.25. The molecule has 18 heavy (non-hydrogen) atoms. The van der Waals surface area contributed by atoms with Gasteiger partial charge in [-0.25, -0.2) is 0 Å². The summed E-state index contributed by atoms with van der Waals surface area (Å²) in [5.41, 5.74) is 0. The van der Waals surface area contributed by atoms with Crippen molar-refractivity contribution in [2.45, 2.75) is 45.2 Å². The quantitative estimate of drug-likeness (QED) is 0.851. The van der Waals surface area contributed by atoms with E-state index in [2.05, 4.69) is 44.5 Å². The molecule has 1 aliphatic heterocycles. The number of unbranched alkanes of at least 4 members (excludes halogenated alkanes) is 1. The standard InChI is InChI=1S/C14H23BrN2S/c1-2-3-7-17-8-4-12(5-9-17)16-11-14-13(15)6-10-18-14/h6,10,12,16H,2-5,7-9,11H2,1H3. The van der Waals surface area contributed by atoms with Crippen molar-refractivity contribution in [1.82, 2.24) is 10.2 Å². The van der Waals surface area contributed by atoms with Gasteiger partial charge in [-0.05, 0) is 66.3 Å². The topological polar surface area (TPSA) is 15.3 Å². The fourth-order valence-electron chi connectivity index (χ4n) is 2.43. The Kier molecular flexibility index (Phi) is 6.15. The molecule has 1 saturated heterocycles. The van der Waals surface area contributed by atoms with Crippen molar-refractivity contribution in [2.24, 2.45) is 0 Å². The van der Waals surface area contributed by atoms with Gasteiger partial charge in [0.05, 0.1) is 0 Å². The summed E-state index contributed by atoms with van der Waals surface area (Å²) in [6, 6.07) is 2.84. The van der Waals surface area contributed by atoms with Crippen LogP contribution >= 0.6 is 27.3 Å². The zero-order chi connectivity index (χ0) is 12.8. The molecule has 2 nitrogen and oxygen atoms in total. The van der Waals surface area contributed by atoms with Gasteiger partial charge in [-0.3, -0.25) is 0 Å². The minimum absolute atomic E-state index is 0.705. The van der Waals surface area contributed by atoms with Crippen molar-refractivity contribution >= 4 is 27.3 Å². The van der Waals surface area contributed by atoms with Crippen LogP contribution in [-0.2, 0) is 6.54 Å². The Morgan fingerprint density at radius 3 is 2.83 bits per heavy atom. The van der Waals surface area contributed by atoms with Gasteiger partial charge in [0.2, 0.25) is 0 Å². The molecular weight excluding hydrogens is 308 g/mol. The lowest BCUT2D eigenvalue weighted by Gasteiger charge is -2.32. The largest absolute Gasteiger partial charge is 0.309 e. The van der Waals surface area contributed by atoms with E-state index in [4.69, 9.17) is 0 Å². The van der Waals surface area contributed by atoms with E-state index in [9.17, 15) is 0 Å². The summed E-state index contributed by atoms with van der Waals surface area (Å²) in [4.78, 5) is 4.03. The van der Waals surface area contributed by atoms with Crippen LogP contribution in [0.4, 0.5) is 0 Å². The van der Waals surface area contributed by atoms with Gasteiger partial charge in [0.15, 0.2) is 0 Å². The highest BCUT2D eigenvalue weighted by atomic mass is 79.9. The van der Waals surface area contributed by atoms with Crippen molar-refractivity contribution in [3.63, 3.8) is 0 Å². The summed E-state index contributed by atoms with van der Waals surface area (Å²) < 4.78 is 1.25. The molecule has 0 unspecified atom stereocenters. The third-order valence-corrected chi connectivity index (χ3v) is 5.58. The molecule has 0 radical (unpaired) electrons. The number of piperidine rings is 1. The SMILES string of the molecule is CCCCN1CCC(NCc2sccc2Br)CC1. The van der Waals surface area contributed by atoms with Gasteiger partial charge in [0.1, 0.15) is 0 Å². The predicted octanol–water partition coefficient (Wildman–Crippen LogP) is 3.86. The normalized spacial score (nSPS) is 18.3. The molecule has 1 N–H and O–H groups in total. The first-order valence-corrected chi connectivity index (χ1v) is 8.64. The lowest BCUT2D eigenvalue weighted by molar-refractivity contribution is 0.195. The molecule has 0 spiro atoms. The fourth-order valence-corrected chi connectivity index (χ4v) is 3.87. The first kappa shape index (κ1) is 14.5. The average molecular weight is 331 g/mol. The number of hydrogen-bond acceptors (Lipinski definition) is 3. The Morgan fingerprint density at radius 2 is 2.22 bits per heavy atom. The third kappa shape index (κ3) is 4.34. The van der Waals surface area contributed by atoms with E-state index in [1.54, 1.807) is 0 Å². The monoisotopic (exact) mass is 330 g/mol. The van der Waals surface area contributed by atoms with Crippen molar-refractivity contribution in [1.29, 1.82) is 0 Å². The maximum atomic E-state index is 3.70. The van der Waals surface area contributed by atoms with E-state index in [-0.39, 0.29) is 0 Å². The van der Waals surface area contributed by atoms with Crippen LogP contribution in [0.2, 0.25) is 0 Å². The third-order valence-electron chi connectivity index (χ3n) is 3.66. The molecule has 1 aliphatic rings. The summed E-state index contributed by atoms with van der Waals surface area (Å²) in [7, 11) is 0. The highest BCUT2D eigenvalue weighted by molar-refractivity contribution is 9.10. The van der Waals surface area contributed by atoms with E-state index in [0.29, 0.717) is 6.04 Å². The second-order valence-electron chi connectivity index (χ2n) is 5.04. The molecule has 0 atom stereocenters. The summed E-state index contributed by atoms with van der Waals surface area (Å²) in [5, 5.41) is 5.84. The highest BCUT2D eigenvalue weighted by Crippen LogP contribution is 2.23. The fraction of sp³-hybridized carbons (Fsp3) is 0.714. The molecule has 2 heterocycles. The number of likely N-dealkylation sites (tertiary alicyclic amines) is 1. The van der Waals surface area contributed by atoms with E-state index in [0.717, 1.165) is 6.54 Å². The summed E-state index contributed by atoms with van der Waals surface area (Å²) in [5.74, 6) is 0. The number of halogens is 1. The van der Waals surface area contributed by atoms with Gasteiger partial charge < -0.3 is 10.2 Å². The Morgan fingerprint density at radius 1 is 1.44 bits per heavy atom. The van der Waals surface area contributed by atoms with Gasteiger partial charge in [-0.2, -0.15) is 0 Å². The molecular formula is C14H23BrN2S. The van der Waals surface area contributed by atoms with Crippen LogP contribution in [0.5, 0.6) is 0 Å². The van der Waals surface area contributed by atoms with E-state index >= 15 is 0 Å². The minimum Gasteiger partial charge on any atom is -0.309 e. The first-order valence-electron chi connectivity index (χ1n) is 6.97. The van der Waals surface area contributed by atoms with Crippen LogP contribution in [0.25, 0.3) is 0 Å². The van der Waals surface area contributed by atoms with Crippen molar-refractivity contribution in [2.75, 3.05) is 19.6 Å². The number of nitrogens with one attached hydrogen (secondary N) is 1. The summed E-state index contributed by atoms with van der Waals surface area (Å²) in [6.45, 7) is 7.11. The smallest absolute Gasteiger partial charge is 0.0327 e. The zero-order valence-corrected chi connectivity index (χ0v) is 13.5. The van der Waals surface area contributed by atoms with E-state index < -0.39 is 0 Å². The van der Waals surface area contributed by atoms with E-state index in [1.807, 2.05) is 11.3 Å². The molecule has 102 valence electrons. The molecule has 0 saturated carbocycles. The van der Waals surface area contributed by atoms with Crippen LogP contribution in [0.15, 0.2) is 15.9 Å². The number of thiophene rings is 1. The van der Waals surface area contributed by atoms with Crippen LogP contribution in [0.3, 0.4) is 0 Å². The van der Waals surface area contributed by atoms with Crippen LogP contribution in [0.1, 0.15) is 37.5 Å². The second-order valence-corrected chi connectivity index (χ2v) is 6.90. The van der Waals surface area contributed by atoms with Crippen molar-refractivity contribution in [3.8, 4) is 0 Å². The molecule has 1 aromatic heterocycles. The Labute approximate surface area is 123 Å². The van der Waals surface area contributed by atoms with Crippen molar-refractivity contribution in [3.05, 3.63) is 20.8 Å². The molecule has 1 aromatic rings. The van der Waals surface area contributed by atoms with Gasteiger partial charge in [-0.1, -0.05) is 13.3 Å². The number of hydrogen-bond donors (Lipinski definition) is 1. The molecule has 2 rings (SSSR count). The molecule has 0 amide bonds. The molecule has 0 bridgehead atoms. The van der Waals surface area contributed by atoms with Crippen LogP contribution in [0, 0.1) is 0 Å². The lowest BCUT2D eigenvalue weighted by Crippen LogP contribution is -2.42. The predicted molar refractivity (Wildman–Crippen MR) is 83.2 cm³/mol. The number of nitrogens with zero attached hydrogens (tertiary/aromatic N) is 1. The second kappa shape index (κ2) is 7.63. The Hall–Kier alpha value is 0.100. The van der Waals surface area contributed by atoms with Crippen LogP contribution < -0.4 is 5.32 Å². The molecule has 1 fully saturated rings. The average Bonchev–Trinajstić information content (AvgIpc) is 2.81. The zero-order valence-electron chi connectivity index (χ0n) is 11.1. The Balaban J connectivity index is 1.66. The lowest BCUT2D eigenvalue weighted by atomic mass is 10.0. The molecule has 0 aromatic carbocycles. The summed E-state index contributed by atoms with van der Waals surface area (Å²) >= 11 is 5.42. The van der Waals surface area contributed by atoms with E-state index in [1.165, 1.54) is 54.7 Å². The molecule has 0 aliphatic carbocycles. The maximum absolute atomic E-state index is 3.70. The maximum Gasteiger partial charge on any atom is 0.0327 e.